The van der Waals surface area contributed by atoms with Crippen LogP contribution in [0.2, 0.25) is 0 Å². The van der Waals surface area contributed by atoms with E-state index in [9.17, 15) is 4.79 Å². The van der Waals surface area contributed by atoms with Crippen molar-refractivity contribution in [2.45, 2.75) is 19.8 Å². The van der Waals surface area contributed by atoms with E-state index in [-0.39, 0.29) is 12.7 Å². The number of carbonyl (C=O) groups excluding carboxylic acids is 1. The second-order valence-electron chi connectivity index (χ2n) is 7.59. The number of hydrogen-bond donors (Lipinski definition) is 1. The largest absolute Gasteiger partial charge is 0.454 e. The first-order chi connectivity index (χ1) is 14.7. The van der Waals surface area contributed by atoms with Gasteiger partial charge < -0.3 is 19.7 Å². The number of rotatable bonds is 4. The Morgan fingerprint density at radius 3 is 2.73 bits per heavy atom. The Bertz CT molecular complexity index is 1070. The van der Waals surface area contributed by atoms with Crippen molar-refractivity contribution < 1.29 is 14.3 Å². The van der Waals surface area contributed by atoms with Crippen LogP contribution >= 0.6 is 0 Å². The average Bonchev–Trinajstić information content (AvgIpc) is 3.44. The van der Waals surface area contributed by atoms with Gasteiger partial charge in [-0.3, -0.25) is 9.36 Å². The number of aromatic nitrogens is 4. The fourth-order valence-corrected chi connectivity index (χ4v) is 3.62. The Labute approximate surface area is 173 Å². The van der Waals surface area contributed by atoms with Crippen LogP contribution in [0.3, 0.4) is 0 Å². The average molecular weight is 406 g/mol. The zero-order valence-corrected chi connectivity index (χ0v) is 16.6. The Morgan fingerprint density at radius 1 is 1.07 bits per heavy atom. The molecule has 1 N–H and O–H groups in total. The number of nitrogens with zero attached hydrogens (tertiary/aromatic N) is 5. The summed E-state index contributed by atoms with van der Waals surface area (Å²) in [6, 6.07) is 7.18. The Hall–Kier alpha value is -3.62. The molecule has 2 aliphatic heterocycles. The van der Waals surface area contributed by atoms with Gasteiger partial charge in [-0.1, -0.05) is 6.92 Å². The fourth-order valence-electron chi connectivity index (χ4n) is 3.62. The number of hydrogen-bond acceptors (Lipinski definition) is 7. The van der Waals surface area contributed by atoms with Crippen molar-refractivity contribution in [2.75, 3.05) is 30.1 Å². The molecule has 2 aromatic heterocycles. The molecule has 154 valence electrons. The first-order valence-corrected chi connectivity index (χ1v) is 9.98. The van der Waals surface area contributed by atoms with Gasteiger partial charge >= 0.3 is 0 Å². The first kappa shape index (κ1) is 18.4. The summed E-state index contributed by atoms with van der Waals surface area (Å²) in [5, 5.41) is 2.83. The molecule has 4 heterocycles. The molecule has 0 bridgehead atoms. The van der Waals surface area contributed by atoms with Crippen LogP contribution < -0.4 is 19.7 Å². The molecular weight excluding hydrogens is 384 g/mol. The number of nitrogens with one attached hydrogen (secondary N) is 1. The predicted molar refractivity (Wildman–Crippen MR) is 110 cm³/mol. The van der Waals surface area contributed by atoms with Crippen LogP contribution in [-0.2, 0) is 0 Å². The number of carbonyl (C=O) groups is 1. The topological polar surface area (TPSA) is 94.4 Å². The predicted octanol–water partition coefficient (Wildman–Crippen LogP) is 2.88. The molecule has 1 amide bonds. The normalized spacial score (nSPS) is 16.0. The molecule has 0 radical (unpaired) electrons. The summed E-state index contributed by atoms with van der Waals surface area (Å²) in [4.78, 5) is 27.9. The highest BCUT2D eigenvalue weighted by atomic mass is 16.7. The minimum absolute atomic E-state index is 0.189. The lowest BCUT2D eigenvalue weighted by atomic mass is 9.99. The van der Waals surface area contributed by atoms with Gasteiger partial charge in [-0.2, -0.15) is 0 Å². The minimum Gasteiger partial charge on any atom is -0.454 e. The third-order valence-corrected chi connectivity index (χ3v) is 5.46. The monoisotopic (exact) mass is 406 g/mol. The Morgan fingerprint density at radius 2 is 1.87 bits per heavy atom. The molecule has 1 fully saturated rings. The molecule has 0 saturated carbocycles. The lowest BCUT2D eigenvalue weighted by Crippen LogP contribution is -2.33. The number of ether oxygens (including phenoxy) is 2. The van der Waals surface area contributed by atoms with Crippen LogP contribution in [0, 0.1) is 5.92 Å². The van der Waals surface area contributed by atoms with E-state index < -0.39 is 0 Å². The van der Waals surface area contributed by atoms with E-state index in [1.54, 1.807) is 41.6 Å². The standard InChI is InChI=1S/C21H22N6O3/c1-14-4-6-26(7-5-14)19-9-20(23-11-22-19)27-10-16(24-12-27)21(28)25-15-2-3-17-18(8-15)30-13-29-17/h2-3,8-12,14H,4-7,13H2,1H3,(H,25,28). The van der Waals surface area contributed by atoms with Crippen LogP contribution in [0.15, 0.2) is 43.1 Å². The van der Waals surface area contributed by atoms with Crippen LogP contribution in [0.25, 0.3) is 5.82 Å². The molecule has 3 aromatic rings. The minimum atomic E-state index is -0.313. The third kappa shape index (κ3) is 3.66. The van der Waals surface area contributed by atoms with Gasteiger partial charge in [-0.05, 0) is 30.9 Å². The summed E-state index contributed by atoms with van der Waals surface area (Å²) in [5.74, 6) is 3.29. The van der Waals surface area contributed by atoms with E-state index in [2.05, 4.69) is 32.1 Å². The van der Waals surface area contributed by atoms with Crippen molar-refractivity contribution in [1.29, 1.82) is 0 Å². The van der Waals surface area contributed by atoms with E-state index >= 15 is 0 Å². The molecule has 1 saturated heterocycles. The molecule has 9 heteroatoms. The fraction of sp³-hybridized carbons (Fsp3) is 0.333. The maximum Gasteiger partial charge on any atom is 0.275 e. The Kier molecular flexibility index (Phi) is 4.70. The van der Waals surface area contributed by atoms with E-state index in [4.69, 9.17) is 9.47 Å². The van der Waals surface area contributed by atoms with Gasteiger partial charge in [0.05, 0.1) is 0 Å². The quantitative estimate of drug-likeness (QED) is 0.712. The molecule has 0 unspecified atom stereocenters. The van der Waals surface area contributed by atoms with Crippen LogP contribution in [0.1, 0.15) is 30.3 Å². The molecule has 9 nitrogen and oxygen atoms in total. The van der Waals surface area contributed by atoms with Crippen molar-refractivity contribution in [3.8, 4) is 17.3 Å². The van der Waals surface area contributed by atoms with Crippen LogP contribution in [0.4, 0.5) is 11.5 Å². The molecular formula is C21H22N6O3. The van der Waals surface area contributed by atoms with Crippen molar-refractivity contribution >= 4 is 17.4 Å². The van der Waals surface area contributed by atoms with E-state index in [1.807, 2.05) is 6.07 Å². The van der Waals surface area contributed by atoms with Gasteiger partial charge in [0.15, 0.2) is 11.5 Å². The van der Waals surface area contributed by atoms with Crippen molar-refractivity contribution in [2.24, 2.45) is 5.92 Å². The van der Waals surface area contributed by atoms with Gasteiger partial charge in [-0.15, -0.1) is 0 Å². The number of benzene rings is 1. The molecule has 0 spiro atoms. The van der Waals surface area contributed by atoms with Gasteiger partial charge in [0.25, 0.3) is 5.91 Å². The number of imidazole rings is 1. The first-order valence-electron chi connectivity index (χ1n) is 9.98. The van der Waals surface area contributed by atoms with Crippen LogP contribution in [-0.4, -0.2) is 45.3 Å². The molecule has 0 atom stereocenters. The SMILES string of the molecule is CC1CCN(c2cc(-n3cnc(C(=O)Nc4ccc5c(c4)OCO5)c3)ncn2)CC1. The summed E-state index contributed by atoms with van der Waals surface area (Å²) in [5.41, 5.74) is 0.905. The summed E-state index contributed by atoms with van der Waals surface area (Å²) in [6.45, 7) is 4.45. The third-order valence-electron chi connectivity index (χ3n) is 5.46. The highest BCUT2D eigenvalue weighted by Gasteiger charge is 2.19. The smallest absolute Gasteiger partial charge is 0.275 e. The van der Waals surface area contributed by atoms with Gasteiger partial charge in [0.1, 0.15) is 30.0 Å². The van der Waals surface area contributed by atoms with E-state index in [0.29, 0.717) is 28.7 Å². The van der Waals surface area contributed by atoms with Crippen LogP contribution in [0.5, 0.6) is 11.5 Å². The maximum absolute atomic E-state index is 12.6. The zero-order chi connectivity index (χ0) is 20.5. The second kappa shape index (κ2) is 7.66. The number of piperidine rings is 1. The van der Waals surface area contributed by atoms with Gasteiger partial charge in [-0.25, -0.2) is 15.0 Å². The highest BCUT2D eigenvalue weighted by molar-refractivity contribution is 6.02. The van der Waals surface area contributed by atoms with E-state index in [1.165, 1.54) is 0 Å². The molecule has 1 aromatic carbocycles. The van der Waals surface area contributed by atoms with Gasteiger partial charge in [0, 0.05) is 37.1 Å². The highest BCUT2D eigenvalue weighted by Crippen LogP contribution is 2.34. The molecule has 30 heavy (non-hydrogen) atoms. The lowest BCUT2D eigenvalue weighted by Gasteiger charge is -2.31. The summed E-state index contributed by atoms with van der Waals surface area (Å²) < 4.78 is 12.4. The number of anilines is 2. The molecule has 5 rings (SSSR count). The molecule has 2 aliphatic rings. The summed E-state index contributed by atoms with van der Waals surface area (Å²) >= 11 is 0. The van der Waals surface area contributed by atoms with E-state index in [0.717, 1.165) is 37.7 Å². The second-order valence-corrected chi connectivity index (χ2v) is 7.59. The van der Waals surface area contributed by atoms with Crippen molar-refractivity contribution in [3.05, 3.63) is 48.8 Å². The number of amides is 1. The summed E-state index contributed by atoms with van der Waals surface area (Å²) in [6.07, 6.45) is 7.11. The lowest BCUT2D eigenvalue weighted by molar-refractivity contribution is 0.102. The molecule has 0 aliphatic carbocycles. The summed E-state index contributed by atoms with van der Waals surface area (Å²) in [7, 11) is 0. The van der Waals surface area contributed by atoms with Crippen molar-refractivity contribution in [1.82, 2.24) is 19.5 Å². The zero-order valence-electron chi connectivity index (χ0n) is 16.6. The number of fused-ring (bicyclic) bond motifs is 1. The maximum atomic E-state index is 12.6. The van der Waals surface area contributed by atoms with Crippen molar-refractivity contribution in [3.63, 3.8) is 0 Å². The Balaban J connectivity index is 1.30. The van der Waals surface area contributed by atoms with Gasteiger partial charge in [0.2, 0.25) is 6.79 Å².